The second-order valence-corrected chi connectivity index (χ2v) is 3.44. The van der Waals surface area contributed by atoms with Crippen LogP contribution in [0.1, 0.15) is 9.67 Å². The van der Waals surface area contributed by atoms with Crippen LogP contribution in [-0.4, -0.2) is 25.1 Å². The number of hydrogen-bond donors (Lipinski definition) is 2. The van der Waals surface area contributed by atoms with Gasteiger partial charge in [0, 0.05) is 19.5 Å². The summed E-state index contributed by atoms with van der Waals surface area (Å²) in [5, 5.41) is 11.1. The molecule has 0 radical (unpaired) electrons. The van der Waals surface area contributed by atoms with Crippen molar-refractivity contribution in [3.05, 3.63) is 10.3 Å². The Morgan fingerprint density at radius 3 is 2.50 bits per heavy atom. The number of hydrogen-bond acceptors (Lipinski definition) is 4. The summed E-state index contributed by atoms with van der Waals surface area (Å²) >= 11 is 1.15. The van der Waals surface area contributed by atoms with Crippen molar-refractivity contribution in [2.45, 2.75) is 0 Å². The highest BCUT2D eigenvalue weighted by Gasteiger charge is 2.15. The third kappa shape index (κ3) is 1.35. The van der Waals surface area contributed by atoms with Gasteiger partial charge in [-0.05, 0) is 0 Å². The highest BCUT2D eigenvalue weighted by molar-refractivity contribution is 7.13. The van der Waals surface area contributed by atoms with E-state index in [1.54, 1.807) is 24.4 Å². The predicted molar refractivity (Wildman–Crippen MR) is 48.8 cm³/mol. The van der Waals surface area contributed by atoms with Crippen LogP contribution in [0.2, 0.25) is 0 Å². The van der Waals surface area contributed by atoms with Crippen LogP contribution in [0, 0.1) is 0 Å². The summed E-state index contributed by atoms with van der Waals surface area (Å²) in [4.78, 5) is 12.6. The Morgan fingerprint density at radius 1 is 1.67 bits per heavy atom. The summed E-state index contributed by atoms with van der Waals surface area (Å²) < 4.78 is 0. The van der Waals surface area contributed by atoms with E-state index in [-0.39, 0.29) is 10.6 Å². The lowest BCUT2D eigenvalue weighted by Crippen LogP contribution is -2.10. The van der Waals surface area contributed by atoms with Gasteiger partial charge in [0.15, 0.2) is 5.75 Å². The van der Waals surface area contributed by atoms with Crippen molar-refractivity contribution in [1.29, 1.82) is 0 Å². The van der Waals surface area contributed by atoms with E-state index in [0.29, 0.717) is 5.69 Å². The Labute approximate surface area is 74.2 Å². The largest absolute Gasteiger partial charge is 0.504 e. The number of aromatic hydroxyl groups is 1. The number of rotatable bonds is 2. The van der Waals surface area contributed by atoms with Gasteiger partial charge in [-0.2, -0.15) is 0 Å². The maximum atomic E-state index is 10.7. The van der Waals surface area contributed by atoms with E-state index in [1.807, 2.05) is 0 Å². The zero-order valence-electron chi connectivity index (χ0n) is 6.87. The van der Waals surface area contributed by atoms with Gasteiger partial charge in [-0.3, -0.25) is 4.79 Å². The molecule has 0 aromatic carbocycles. The summed E-state index contributed by atoms with van der Waals surface area (Å²) in [5.41, 5.74) is 5.64. The number of primary amides is 1. The molecular formula is C7H10N2O2S. The molecule has 12 heavy (non-hydrogen) atoms. The first-order valence-corrected chi connectivity index (χ1v) is 4.19. The SMILES string of the molecule is CN(C)c1csc(C(N)=O)c1O. The van der Waals surface area contributed by atoms with E-state index in [1.165, 1.54) is 0 Å². The molecule has 0 aliphatic heterocycles. The van der Waals surface area contributed by atoms with E-state index < -0.39 is 5.91 Å². The van der Waals surface area contributed by atoms with Gasteiger partial charge in [0.1, 0.15) is 4.88 Å². The van der Waals surface area contributed by atoms with Gasteiger partial charge in [0.25, 0.3) is 5.91 Å². The molecule has 5 heteroatoms. The molecule has 3 N–H and O–H groups in total. The Morgan fingerprint density at radius 2 is 2.25 bits per heavy atom. The van der Waals surface area contributed by atoms with Crippen LogP contribution in [0.15, 0.2) is 5.38 Å². The fraction of sp³-hybridized carbons (Fsp3) is 0.286. The third-order valence-electron chi connectivity index (χ3n) is 1.45. The molecule has 0 bridgehead atoms. The van der Waals surface area contributed by atoms with Gasteiger partial charge in [-0.25, -0.2) is 0 Å². The zero-order valence-corrected chi connectivity index (χ0v) is 7.68. The average Bonchev–Trinajstić information content (AvgIpc) is 2.30. The number of amides is 1. The second kappa shape index (κ2) is 3.02. The molecular weight excluding hydrogens is 176 g/mol. The first-order valence-electron chi connectivity index (χ1n) is 3.31. The first-order chi connectivity index (χ1) is 5.54. The molecule has 66 valence electrons. The van der Waals surface area contributed by atoms with Crippen molar-refractivity contribution in [1.82, 2.24) is 0 Å². The minimum absolute atomic E-state index is 0.0301. The van der Waals surface area contributed by atoms with Crippen LogP contribution in [0.3, 0.4) is 0 Å². The summed E-state index contributed by atoms with van der Waals surface area (Å²) in [6, 6.07) is 0. The van der Waals surface area contributed by atoms with Crippen LogP contribution < -0.4 is 10.6 Å². The van der Waals surface area contributed by atoms with Crippen LogP contribution in [0.25, 0.3) is 0 Å². The molecule has 0 spiro atoms. The van der Waals surface area contributed by atoms with E-state index >= 15 is 0 Å². The quantitative estimate of drug-likeness (QED) is 0.711. The molecule has 1 amide bonds. The molecule has 1 aromatic rings. The second-order valence-electron chi connectivity index (χ2n) is 2.56. The smallest absolute Gasteiger partial charge is 0.262 e. The number of anilines is 1. The van der Waals surface area contributed by atoms with E-state index in [2.05, 4.69) is 0 Å². The summed E-state index contributed by atoms with van der Waals surface area (Å²) in [6.07, 6.45) is 0. The maximum absolute atomic E-state index is 10.7. The number of carbonyl (C=O) groups is 1. The van der Waals surface area contributed by atoms with E-state index in [0.717, 1.165) is 11.3 Å². The Kier molecular flexibility index (Phi) is 2.23. The Balaban J connectivity index is 3.13. The van der Waals surface area contributed by atoms with Crippen molar-refractivity contribution in [2.24, 2.45) is 5.73 Å². The number of nitrogens with zero attached hydrogens (tertiary/aromatic N) is 1. The van der Waals surface area contributed by atoms with Crippen molar-refractivity contribution < 1.29 is 9.90 Å². The molecule has 0 aliphatic rings. The van der Waals surface area contributed by atoms with Crippen LogP contribution in [0.4, 0.5) is 5.69 Å². The molecule has 0 saturated heterocycles. The fourth-order valence-corrected chi connectivity index (χ4v) is 1.72. The van der Waals surface area contributed by atoms with Crippen LogP contribution >= 0.6 is 11.3 Å². The monoisotopic (exact) mass is 186 g/mol. The molecule has 1 aromatic heterocycles. The lowest BCUT2D eigenvalue weighted by atomic mass is 10.3. The first kappa shape index (κ1) is 8.86. The highest BCUT2D eigenvalue weighted by Crippen LogP contribution is 2.35. The predicted octanol–water partition coefficient (Wildman–Crippen LogP) is 0.619. The van der Waals surface area contributed by atoms with Crippen molar-refractivity contribution in [3.63, 3.8) is 0 Å². The minimum atomic E-state index is -0.592. The Bertz CT molecular complexity index is 306. The van der Waals surface area contributed by atoms with Crippen LogP contribution in [-0.2, 0) is 0 Å². The van der Waals surface area contributed by atoms with Crippen molar-refractivity contribution in [2.75, 3.05) is 19.0 Å². The van der Waals surface area contributed by atoms with Gasteiger partial charge < -0.3 is 15.7 Å². The van der Waals surface area contributed by atoms with Crippen LogP contribution in [0.5, 0.6) is 5.75 Å². The van der Waals surface area contributed by atoms with Crippen molar-refractivity contribution >= 4 is 22.9 Å². The minimum Gasteiger partial charge on any atom is -0.504 e. The van der Waals surface area contributed by atoms with Gasteiger partial charge in [-0.15, -0.1) is 11.3 Å². The lowest BCUT2D eigenvalue weighted by molar-refractivity contribution is 0.100. The maximum Gasteiger partial charge on any atom is 0.262 e. The van der Waals surface area contributed by atoms with E-state index in [9.17, 15) is 9.90 Å². The summed E-state index contributed by atoms with van der Waals surface area (Å²) in [7, 11) is 3.57. The molecule has 0 fully saturated rings. The lowest BCUT2D eigenvalue weighted by Gasteiger charge is -2.09. The zero-order chi connectivity index (χ0) is 9.30. The molecule has 0 aliphatic carbocycles. The number of thiophene rings is 1. The van der Waals surface area contributed by atoms with Gasteiger partial charge in [0.2, 0.25) is 0 Å². The molecule has 0 atom stereocenters. The molecule has 1 rings (SSSR count). The summed E-state index contributed by atoms with van der Waals surface area (Å²) in [6.45, 7) is 0. The fourth-order valence-electron chi connectivity index (χ4n) is 0.835. The molecule has 0 unspecified atom stereocenters. The van der Waals surface area contributed by atoms with Gasteiger partial charge in [-0.1, -0.05) is 0 Å². The number of carbonyl (C=O) groups excluding carboxylic acids is 1. The van der Waals surface area contributed by atoms with Crippen molar-refractivity contribution in [3.8, 4) is 5.75 Å². The standard InChI is InChI=1S/C7H10N2O2S/c1-9(2)4-3-12-6(5(4)10)7(8)11/h3,10H,1-2H3,(H2,8,11). The normalized spacial score (nSPS) is 9.83. The van der Waals surface area contributed by atoms with Gasteiger partial charge in [0.05, 0.1) is 5.69 Å². The average molecular weight is 186 g/mol. The number of nitrogens with two attached hydrogens (primary N) is 1. The van der Waals surface area contributed by atoms with Gasteiger partial charge >= 0.3 is 0 Å². The topological polar surface area (TPSA) is 66.6 Å². The summed E-state index contributed by atoms with van der Waals surface area (Å²) in [5.74, 6) is -0.622. The molecule has 0 saturated carbocycles. The Hall–Kier alpha value is -1.23. The molecule has 4 nitrogen and oxygen atoms in total. The van der Waals surface area contributed by atoms with E-state index in [4.69, 9.17) is 5.73 Å². The highest BCUT2D eigenvalue weighted by atomic mass is 32.1. The third-order valence-corrected chi connectivity index (χ3v) is 2.42. The molecule has 1 heterocycles.